The first kappa shape index (κ1) is 17.3. The molecule has 1 heterocycles. The fraction of sp³-hybridized carbons (Fsp3) is 0.688. The van der Waals surface area contributed by atoms with Crippen LogP contribution in [0.25, 0.3) is 0 Å². The van der Waals surface area contributed by atoms with Gasteiger partial charge >= 0.3 is 6.03 Å². The van der Waals surface area contributed by atoms with Crippen LogP contribution in [0.1, 0.15) is 39.0 Å². The van der Waals surface area contributed by atoms with E-state index in [1.165, 1.54) is 36.2 Å². The van der Waals surface area contributed by atoms with Crippen LogP contribution in [0.15, 0.2) is 16.6 Å². The second kappa shape index (κ2) is 9.17. The van der Waals surface area contributed by atoms with Crippen molar-refractivity contribution in [3.05, 3.63) is 11.6 Å². The number of nitrogens with zero attached hydrogens (tertiary/aromatic N) is 2. The predicted octanol–water partition coefficient (Wildman–Crippen LogP) is 0.984. The maximum Gasteiger partial charge on any atom is 0.324 e. The molecule has 0 saturated carbocycles. The third-order valence-corrected chi connectivity index (χ3v) is 4.00. The SMILES string of the molecule is CCNC(=NCCC1=CCCCC1)NCCN1C(=O)CNC1=O. The third kappa shape index (κ3) is 5.58. The van der Waals surface area contributed by atoms with Crippen molar-refractivity contribution in [2.45, 2.75) is 39.0 Å². The molecule has 1 saturated heterocycles. The van der Waals surface area contributed by atoms with Crippen molar-refractivity contribution in [1.82, 2.24) is 20.9 Å². The second-order valence-electron chi connectivity index (χ2n) is 5.75. The van der Waals surface area contributed by atoms with E-state index >= 15 is 0 Å². The number of aliphatic imine (C=N–C) groups is 1. The number of amides is 3. The number of urea groups is 1. The molecule has 0 aromatic heterocycles. The van der Waals surface area contributed by atoms with Crippen molar-refractivity contribution < 1.29 is 9.59 Å². The molecular formula is C16H27N5O2. The number of allylic oxidation sites excluding steroid dienone is 1. The average molecular weight is 321 g/mol. The minimum absolute atomic E-state index is 0.0993. The van der Waals surface area contributed by atoms with Gasteiger partial charge in [0, 0.05) is 26.2 Å². The summed E-state index contributed by atoms with van der Waals surface area (Å²) in [5, 5.41) is 8.87. The molecule has 0 aromatic carbocycles. The zero-order valence-corrected chi connectivity index (χ0v) is 13.9. The van der Waals surface area contributed by atoms with Gasteiger partial charge in [-0.05, 0) is 39.0 Å². The number of carbonyl (C=O) groups is 2. The molecule has 0 atom stereocenters. The molecule has 0 unspecified atom stereocenters. The van der Waals surface area contributed by atoms with Gasteiger partial charge in [0.05, 0.1) is 6.54 Å². The fourth-order valence-electron chi connectivity index (χ4n) is 2.75. The van der Waals surface area contributed by atoms with E-state index in [1.54, 1.807) is 0 Å². The van der Waals surface area contributed by atoms with E-state index in [1.807, 2.05) is 6.92 Å². The first-order valence-corrected chi connectivity index (χ1v) is 8.49. The molecular weight excluding hydrogens is 294 g/mol. The van der Waals surface area contributed by atoms with Gasteiger partial charge in [-0.3, -0.25) is 14.7 Å². The van der Waals surface area contributed by atoms with Crippen molar-refractivity contribution in [3.8, 4) is 0 Å². The maximum atomic E-state index is 11.5. The fourth-order valence-corrected chi connectivity index (χ4v) is 2.75. The molecule has 0 aromatic rings. The monoisotopic (exact) mass is 321 g/mol. The summed E-state index contributed by atoms with van der Waals surface area (Å²) in [6, 6.07) is -0.317. The van der Waals surface area contributed by atoms with Crippen LogP contribution in [0, 0.1) is 0 Å². The Kier molecular flexibility index (Phi) is 6.90. The molecule has 128 valence electrons. The summed E-state index contributed by atoms with van der Waals surface area (Å²) < 4.78 is 0. The highest BCUT2D eigenvalue weighted by Crippen LogP contribution is 2.19. The minimum Gasteiger partial charge on any atom is -0.357 e. The number of imide groups is 1. The summed E-state index contributed by atoms with van der Waals surface area (Å²) in [4.78, 5) is 28.7. The van der Waals surface area contributed by atoms with Crippen molar-refractivity contribution >= 4 is 17.9 Å². The van der Waals surface area contributed by atoms with Gasteiger partial charge in [0.25, 0.3) is 0 Å². The third-order valence-electron chi connectivity index (χ3n) is 4.00. The van der Waals surface area contributed by atoms with Gasteiger partial charge in [-0.1, -0.05) is 11.6 Å². The second-order valence-corrected chi connectivity index (χ2v) is 5.75. The van der Waals surface area contributed by atoms with Gasteiger partial charge < -0.3 is 16.0 Å². The van der Waals surface area contributed by atoms with Crippen molar-refractivity contribution in [1.29, 1.82) is 0 Å². The van der Waals surface area contributed by atoms with Gasteiger partial charge in [-0.15, -0.1) is 0 Å². The Morgan fingerprint density at radius 2 is 2.22 bits per heavy atom. The van der Waals surface area contributed by atoms with E-state index in [0.717, 1.165) is 25.5 Å². The lowest BCUT2D eigenvalue weighted by Crippen LogP contribution is -2.43. The van der Waals surface area contributed by atoms with Gasteiger partial charge in [0.2, 0.25) is 5.91 Å². The largest absolute Gasteiger partial charge is 0.357 e. The van der Waals surface area contributed by atoms with E-state index in [0.29, 0.717) is 13.1 Å². The lowest BCUT2D eigenvalue weighted by Gasteiger charge is -2.16. The van der Waals surface area contributed by atoms with Crippen LogP contribution < -0.4 is 16.0 Å². The number of hydrogen-bond acceptors (Lipinski definition) is 3. The van der Waals surface area contributed by atoms with Crippen LogP contribution in [0.3, 0.4) is 0 Å². The highest BCUT2D eigenvalue weighted by Gasteiger charge is 2.27. The number of carbonyl (C=O) groups excluding carboxylic acids is 2. The molecule has 7 nitrogen and oxygen atoms in total. The summed E-state index contributed by atoms with van der Waals surface area (Å²) in [6.45, 7) is 4.48. The Hall–Kier alpha value is -2.05. The Morgan fingerprint density at radius 1 is 1.35 bits per heavy atom. The number of hydrogen-bond donors (Lipinski definition) is 3. The van der Waals surface area contributed by atoms with E-state index < -0.39 is 0 Å². The van der Waals surface area contributed by atoms with E-state index in [-0.39, 0.29) is 18.5 Å². The van der Waals surface area contributed by atoms with Crippen LogP contribution in [-0.4, -0.2) is 55.5 Å². The standard InChI is InChI=1S/C16H27N5O2/c1-2-17-15(18-9-8-13-6-4-3-5-7-13)19-10-11-21-14(22)12-20-16(21)23/h6H,2-5,7-12H2,1H3,(H,20,23)(H2,17,18,19). The zero-order valence-electron chi connectivity index (χ0n) is 13.9. The molecule has 1 aliphatic carbocycles. The van der Waals surface area contributed by atoms with Crippen LogP contribution in [0.5, 0.6) is 0 Å². The smallest absolute Gasteiger partial charge is 0.324 e. The molecule has 3 amide bonds. The van der Waals surface area contributed by atoms with E-state index in [2.05, 4.69) is 27.0 Å². The average Bonchev–Trinajstić information content (AvgIpc) is 2.88. The van der Waals surface area contributed by atoms with E-state index in [4.69, 9.17) is 0 Å². The lowest BCUT2D eigenvalue weighted by molar-refractivity contribution is -0.124. The molecule has 23 heavy (non-hydrogen) atoms. The molecule has 1 aliphatic heterocycles. The zero-order chi connectivity index (χ0) is 16.5. The first-order chi connectivity index (χ1) is 11.2. The summed E-state index contributed by atoms with van der Waals surface area (Å²) in [5.74, 6) is 0.555. The highest BCUT2D eigenvalue weighted by atomic mass is 16.2. The molecule has 7 heteroatoms. The maximum absolute atomic E-state index is 11.5. The number of guanidine groups is 1. The Morgan fingerprint density at radius 3 is 2.87 bits per heavy atom. The van der Waals surface area contributed by atoms with Crippen molar-refractivity contribution in [2.24, 2.45) is 4.99 Å². The summed E-state index contributed by atoms with van der Waals surface area (Å²) >= 11 is 0. The topological polar surface area (TPSA) is 85.8 Å². The van der Waals surface area contributed by atoms with Gasteiger partial charge in [-0.2, -0.15) is 0 Å². The molecule has 0 bridgehead atoms. The van der Waals surface area contributed by atoms with Gasteiger partial charge in [0.1, 0.15) is 0 Å². The molecule has 3 N–H and O–H groups in total. The van der Waals surface area contributed by atoms with Gasteiger partial charge in [0.15, 0.2) is 5.96 Å². The Labute approximate surface area is 137 Å². The first-order valence-electron chi connectivity index (χ1n) is 8.49. The predicted molar refractivity (Wildman–Crippen MR) is 90.3 cm³/mol. The molecule has 1 fully saturated rings. The van der Waals surface area contributed by atoms with Crippen LogP contribution in [0.4, 0.5) is 4.79 Å². The van der Waals surface area contributed by atoms with Crippen molar-refractivity contribution in [2.75, 3.05) is 32.7 Å². The Bertz CT molecular complexity index is 471. The lowest BCUT2D eigenvalue weighted by atomic mass is 9.97. The highest BCUT2D eigenvalue weighted by molar-refractivity contribution is 6.01. The Balaban J connectivity index is 1.73. The quantitative estimate of drug-likeness (QED) is 0.282. The summed E-state index contributed by atoms with van der Waals surface area (Å²) in [7, 11) is 0. The molecule has 0 spiro atoms. The summed E-state index contributed by atoms with van der Waals surface area (Å²) in [5.41, 5.74) is 1.51. The number of nitrogens with one attached hydrogen (secondary N) is 3. The van der Waals surface area contributed by atoms with Crippen LogP contribution in [0.2, 0.25) is 0 Å². The van der Waals surface area contributed by atoms with Gasteiger partial charge in [-0.25, -0.2) is 4.79 Å². The molecule has 2 aliphatic rings. The van der Waals surface area contributed by atoms with E-state index in [9.17, 15) is 9.59 Å². The molecule has 2 rings (SSSR count). The normalized spacial score (nSPS) is 18.7. The summed E-state index contributed by atoms with van der Waals surface area (Å²) in [6.07, 6.45) is 8.34. The van der Waals surface area contributed by atoms with Crippen molar-refractivity contribution in [3.63, 3.8) is 0 Å². The molecule has 0 radical (unpaired) electrons. The van der Waals surface area contributed by atoms with Crippen LogP contribution >= 0.6 is 0 Å². The van der Waals surface area contributed by atoms with Crippen LogP contribution in [-0.2, 0) is 4.79 Å². The minimum atomic E-state index is -0.317. The number of rotatable bonds is 7.